The Morgan fingerprint density at radius 1 is 1.21 bits per heavy atom. The summed E-state index contributed by atoms with van der Waals surface area (Å²) >= 11 is 0. The minimum absolute atomic E-state index is 0.328. The summed E-state index contributed by atoms with van der Waals surface area (Å²) in [6.07, 6.45) is 2.08. The van der Waals surface area contributed by atoms with E-state index < -0.39 is 0 Å². The summed E-state index contributed by atoms with van der Waals surface area (Å²) in [5, 5.41) is 9.84. The van der Waals surface area contributed by atoms with Crippen LogP contribution in [0.1, 0.15) is 30.6 Å². The van der Waals surface area contributed by atoms with Crippen LogP contribution >= 0.6 is 0 Å². The van der Waals surface area contributed by atoms with Gasteiger partial charge in [0.05, 0.1) is 25.5 Å². The number of aryl methyl sites for hydroxylation is 1. The normalized spacial score (nSPS) is 13.1. The lowest BCUT2D eigenvalue weighted by Crippen LogP contribution is -2.31. The summed E-state index contributed by atoms with van der Waals surface area (Å²) in [5.41, 5.74) is 0. The molecule has 0 bridgehead atoms. The summed E-state index contributed by atoms with van der Waals surface area (Å²) in [5.74, 6) is 2.71. The monoisotopic (exact) mass is 263 g/mol. The van der Waals surface area contributed by atoms with Crippen LogP contribution in [0, 0.1) is 6.92 Å². The fraction of sp³-hybridized carbons (Fsp3) is 0.467. The van der Waals surface area contributed by atoms with Gasteiger partial charge in [-0.2, -0.15) is 0 Å². The molecule has 1 atom stereocenters. The molecule has 2 rings (SSSR count). The van der Waals surface area contributed by atoms with Gasteiger partial charge in [-0.25, -0.2) is 0 Å². The second kappa shape index (κ2) is 6.59. The van der Waals surface area contributed by atoms with Gasteiger partial charge in [0.25, 0.3) is 0 Å². The molecule has 4 heteroatoms. The number of aliphatic hydroxyl groups excluding tert-OH is 1. The summed E-state index contributed by atoms with van der Waals surface area (Å²) in [4.78, 5) is 2.13. The van der Waals surface area contributed by atoms with Gasteiger partial charge in [-0.15, -0.1) is 0 Å². The Morgan fingerprint density at radius 2 is 2.00 bits per heavy atom. The predicted octanol–water partition coefficient (Wildman–Crippen LogP) is 2.95. The molecule has 19 heavy (non-hydrogen) atoms. The third kappa shape index (κ3) is 4.26. The van der Waals surface area contributed by atoms with Crippen LogP contribution in [0.15, 0.2) is 39.4 Å². The molecule has 0 amide bonds. The first-order valence-electron chi connectivity index (χ1n) is 6.65. The quantitative estimate of drug-likeness (QED) is 0.834. The average Bonchev–Trinajstić information content (AvgIpc) is 3.01. The number of furan rings is 2. The van der Waals surface area contributed by atoms with E-state index in [0.717, 1.165) is 23.7 Å². The van der Waals surface area contributed by atoms with Crippen molar-refractivity contribution in [2.24, 2.45) is 0 Å². The molecule has 0 spiro atoms. The molecular formula is C15H21NO3. The first kappa shape index (κ1) is 13.9. The average molecular weight is 263 g/mol. The smallest absolute Gasteiger partial charge is 0.118 e. The number of hydrogen-bond donors (Lipinski definition) is 1. The Bertz CT molecular complexity index is 475. The number of aliphatic hydroxyl groups is 1. The molecule has 2 aromatic rings. The lowest BCUT2D eigenvalue weighted by atomic mass is 10.2. The molecule has 0 fully saturated rings. The van der Waals surface area contributed by atoms with Crippen molar-refractivity contribution in [2.75, 3.05) is 6.54 Å². The first-order valence-corrected chi connectivity index (χ1v) is 6.65. The Morgan fingerprint density at radius 3 is 2.58 bits per heavy atom. The highest BCUT2D eigenvalue weighted by molar-refractivity contribution is 5.06. The van der Waals surface area contributed by atoms with Crippen molar-refractivity contribution in [1.29, 1.82) is 0 Å². The highest BCUT2D eigenvalue weighted by Gasteiger charge is 2.14. The standard InChI is InChI=1S/C15H21NO3/c1-3-13(17)9-16(10-14-5-4-8-18-14)11-15-7-6-12(2)19-15/h4-8,13,17H,3,9-11H2,1-2H3. The van der Waals surface area contributed by atoms with Crippen molar-refractivity contribution in [2.45, 2.75) is 39.5 Å². The predicted molar refractivity (Wildman–Crippen MR) is 72.6 cm³/mol. The number of rotatable bonds is 7. The fourth-order valence-corrected chi connectivity index (χ4v) is 2.03. The second-order valence-electron chi connectivity index (χ2n) is 4.82. The van der Waals surface area contributed by atoms with E-state index >= 15 is 0 Å². The molecule has 0 aliphatic carbocycles. The third-order valence-electron chi connectivity index (χ3n) is 3.08. The van der Waals surface area contributed by atoms with Crippen LogP contribution in [0.5, 0.6) is 0 Å². The van der Waals surface area contributed by atoms with Gasteiger partial charge >= 0.3 is 0 Å². The molecule has 0 aliphatic rings. The van der Waals surface area contributed by atoms with E-state index in [0.29, 0.717) is 19.6 Å². The van der Waals surface area contributed by atoms with E-state index in [1.165, 1.54) is 0 Å². The van der Waals surface area contributed by atoms with E-state index in [1.807, 2.05) is 38.1 Å². The van der Waals surface area contributed by atoms with Gasteiger partial charge < -0.3 is 13.9 Å². The summed E-state index contributed by atoms with van der Waals surface area (Å²) in [6, 6.07) is 7.75. The molecule has 0 aromatic carbocycles. The minimum Gasteiger partial charge on any atom is -0.468 e. The van der Waals surface area contributed by atoms with Gasteiger partial charge in [0.15, 0.2) is 0 Å². The van der Waals surface area contributed by atoms with E-state index in [9.17, 15) is 5.11 Å². The molecule has 0 saturated carbocycles. The highest BCUT2D eigenvalue weighted by atomic mass is 16.3. The van der Waals surface area contributed by atoms with Crippen LogP contribution in [-0.4, -0.2) is 22.7 Å². The maximum absolute atomic E-state index is 9.84. The Balaban J connectivity index is 2.00. The van der Waals surface area contributed by atoms with Gasteiger partial charge in [-0.1, -0.05) is 6.92 Å². The highest BCUT2D eigenvalue weighted by Crippen LogP contribution is 2.14. The van der Waals surface area contributed by atoms with E-state index in [4.69, 9.17) is 8.83 Å². The van der Waals surface area contributed by atoms with Gasteiger partial charge in [-0.3, -0.25) is 4.90 Å². The molecule has 2 heterocycles. The van der Waals surface area contributed by atoms with Gasteiger partial charge in [0, 0.05) is 6.54 Å². The maximum Gasteiger partial charge on any atom is 0.118 e. The third-order valence-corrected chi connectivity index (χ3v) is 3.08. The van der Waals surface area contributed by atoms with Crippen molar-refractivity contribution < 1.29 is 13.9 Å². The van der Waals surface area contributed by atoms with E-state index in [-0.39, 0.29) is 6.10 Å². The molecule has 0 radical (unpaired) electrons. The minimum atomic E-state index is -0.328. The number of hydrogen-bond acceptors (Lipinski definition) is 4. The molecule has 0 aliphatic heterocycles. The Kier molecular flexibility index (Phi) is 4.82. The van der Waals surface area contributed by atoms with Crippen LogP contribution in [0.4, 0.5) is 0 Å². The van der Waals surface area contributed by atoms with Crippen molar-refractivity contribution in [3.8, 4) is 0 Å². The van der Waals surface area contributed by atoms with Crippen LogP contribution in [0.2, 0.25) is 0 Å². The molecule has 1 unspecified atom stereocenters. The van der Waals surface area contributed by atoms with Crippen LogP contribution in [0.25, 0.3) is 0 Å². The van der Waals surface area contributed by atoms with Crippen LogP contribution < -0.4 is 0 Å². The van der Waals surface area contributed by atoms with Crippen molar-refractivity contribution in [3.05, 3.63) is 47.8 Å². The lowest BCUT2D eigenvalue weighted by Gasteiger charge is -2.22. The van der Waals surface area contributed by atoms with Crippen molar-refractivity contribution >= 4 is 0 Å². The summed E-state index contributed by atoms with van der Waals surface area (Å²) < 4.78 is 11.0. The lowest BCUT2D eigenvalue weighted by molar-refractivity contribution is 0.0931. The summed E-state index contributed by atoms with van der Waals surface area (Å²) in [6.45, 7) is 5.86. The zero-order valence-corrected chi connectivity index (χ0v) is 11.5. The van der Waals surface area contributed by atoms with Crippen molar-refractivity contribution in [1.82, 2.24) is 4.90 Å². The van der Waals surface area contributed by atoms with Gasteiger partial charge in [0.2, 0.25) is 0 Å². The molecule has 1 N–H and O–H groups in total. The molecular weight excluding hydrogens is 242 g/mol. The van der Waals surface area contributed by atoms with Gasteiger partial charge in [0.1, 0.15) is 17.3 Å². The largest absolute Gasteiger partial charge is 0.468 e. The number of nitrogens with zero attached hydrogens (tertiary/aromatic N) is 1. The molecule has 104 valence electrons. The van der Waals surface area contributed by atoms with E-state index in [2.05, 4.69) is 4.90 Å². The zero-order chi connectivity index (χ0) is 13.7. The molecule has 0 saturated heterocycles. The molecule has 2 aromatic heterocycles. The van der Waals surface area contributed by atoms with Crippen LogP contribution in [-0.2, 0) is 13.1 Å². The zero-order valence-electron chi connectivity index (χ0n) is 11.5. The molecule has 4 nitrogen and oxygen atoms in total. The summed E-state index contributed by atoms with van der Waals surface area (Å²) in [7, 11) is 0. The fourth-order valence-electron chi connectivity index (χ4n) is 2.03. The SMILES string of the molecule is CCC(O)CN(Cc1ccco1)Cc1ccc(C)o1. The Hall–Kier alpha value is -1.52. The van der Waals surface area contributed by atoms with Crippen LogP contribution in [0.3, 0.4) is 0 Å². The van der Waals surface area contributed by atoms with E-state index in [1.54, 1.807) is 6.26 Å². The van der Waals surface area contributed by atoms with Crippen molar-refractivity contribution in [3.63, 3.8) is 0 Å². The topological polar surface area (TPSA) is 49.8 Å². The maximum atomic E-state index is 9.84. The Labute approximate surface area is 113 Å². The first-order chi connectivity index (χ1) is 9.17. The van der Waals surface area contributed by atoms with Gasteiger partial charge in [-0.05, 0) is 37.6 Å². The second-order valence-corrected chi connectivity index (χ2v) is 4.82.